The molecule has 8 heteroatoms. The number of β-amino-alcohol motifs (C(OH)–C–C–N with tert-alkyl or cyclic N) is 1. The van der Waals surface area contributed by atoms with Gasteiger partial charge in [0.2, 0.25) is 5.91 Å². The molecule has 2 atom stereocenters. The molecule has 4 heterocycles. The molecule has 4 saturated heterocycles. The van der Waals surface area contributed by atoms with Crippen LogP contribution in [0.3, 0.4) is 0 Å². The highest BCUT2D eigenvalue weighted by molar-refractivity contribution is 5.82. The normalized spacial score (nSPS) is 30.8. The van der Waals surface area contributed by atoms with Crippen LogP contribution in [0.2, 0.25) is 0 Å². The fourth-order valence-corrected chi connectivity index (χ4v) is 5.87. The van der Waals surface area contributed by atoms with Crippen LogP contribution < -0.4 is 0 Å². The van der Waals surface area contributed by atoms with Crippen molar-refractivity contribution in [2.24, 2.45) is 0 Å². The van der Waals surface area contributed by atoms with E-state index in [0.29, 0.717) is 38.3 Å². The zero-order chi connectivity index (χ0) is 21.6. The number of hydrogen-bond acceptors (Lipinski definition) is 7. The van der Waals surface area contributed by atoms with Crippen molar-refractivity contribution in [3.63, 3.8) is 0 Å². The Kier molecular flexibility index (Phi) is 8.59. The predicted molar refractivity (Wildman–Crippen MR) is 117 cm³/mol. The second-order valence-corrected chi connectivity index (χ2v) is 9.60. The summed E-state index contributed by atoms with van der Waals surface area (Å²) in [5.74, 6) is 0.207. The van der Waals surface area contributed by atoms with E-state index in [1.165, 1.54) is 0 Å². The number of likely N-dealkylation sites (tertiary alicyclic amines) is 3. The highest BCUT2D eigenvalue weighted by atomic mass is 16.5. The van der Waals surface area contributed by atoms with Gasteiger partial charge >= 0.3 is 0 Å². The summed E-state index contributed by atoms with van der Waals surface area (Å²) in [7, 11) is 1.68. The molecule has 8 nitrogen and oxygen atoms in total. The van der Waals surface area contributed by atoms with E-state index in [1.54, 1.807) is 7.11 Å². The summed E-state index contributed by atoms with van der Waals surface area (Å²) < 4.78 is 16.4. The Morgan fingerprint density at radius 1 is 0.968 bits per heavy atom. The molecular formula is C23H41N3O5. The summed E-state index contributed by atoms with van der Waals surface area (Å²) in [5.41, 5.74) is 0. The molecule has 0 spiro atoms. The van der Waals surface area contributed by atoms with Crippen molar-refractivity contribution < 1.29 is 24.1 Å². The van der Waals surface area contributed by atoms with Crippen LogP contribution in [0.25, 0.3) is 0 Å². The van der Waals surface area contributed by atoms with Gasteiger partial charge in [0.1, 0.15) is 0 Å². The molecule has 0 aliphatic carbocycles. The Hall–Kier alpha value is -0.770. The van der Waals surface area contributed by atoms with Gasteiger partial charge < -0.3 is 29.1 Å². The number of ether oxygens (including phenoxy) is 3. The minimum Gasteiger partial charge on any atom is -0.392 e. The van der Waals surface area contributed by atoms with Gasteiger partial charge in [0.15, 0.2) is 0 Å². The van der Waals surface area contributed by atoms with Gasteiger partial charge in [-0.3, -0.25) is 9.69 Å². The van der Waals surface area contributed by atoms with E-state index in [9.17, 15) is 9.90 Å². The number of rotatable bonds is 7. The van der Waals surface area contributed by atoms with Crippen molar-refractivity contribution in [3.05, 3.63) is 0 Å². The van der Waals surface area contributed by atoms with Gasteiger partial charge in [-0.25, -0.2) is 0 Å². The summed E-state index contributed by atoms with van der Waals surface area (Å²) in [6, 6.07) is 0.890. The number of methoxy groups -OCH3 is 1. The Balaban J connectivity index is 1.26. The number of nitrogens with zero attached hydrogens (tertiary/aromatic N) is 3. The maximum absolute atomic E-state index is 13.4. The highest BCUT2D eigenvalue weighted by Gasteiger charge is 2.43. The van der Waals surface area contributed by atoms with E-state index in [4.69, 9.17) is 14.2 Å². The summed E-state index contributed by atoms with van der Waals surface area (Å²) in [6.45, 7) is 7.31. The smallest absolute Gasteiger partial charge is 0.240 e. The third-order valence-corrected chi connectivity index (χ3v) is 7.67. The third-order valence-electron chi connectivity index (χ3n) is 7.67. The van der Waals surface area contributed by atoms with Crippen LogP contribution in [-0.4, -0.2) is 122 Å². The number of aliphatic hydroxyl groups excluding tert-OH is 1. The molecule has 4 aliphatic heterocycles. The van der Waals surface area contributed by atoms with Gasteiger partial charge in [-0.2, -0.15) is 0 Å². The first-order valence-corrected chi connectivity index (χ1v) is 12.3. The second kappa shape index (κ2) is 11.4. The maximum Gasteiger partial charge on any atom is 0.240 e. The zero-order valence-electron chi connectivity index (χ0n) is 19.1. The number of piperidine rings is 2. The number of aliphatic hydroxyl groups is 1. The molecule has 4 rings (SSSR count). The summed E-state index contributed by atoms with van der Waals surface area (Å²) in [6.07, 6.45) is 6.62. The second-order valence-electron chi connectivity index (χ2n) is 9.60. The van der Waals surface area contributed by atoms with E-state index in [1.807, 2.05) is 4.90 Å². The average Bonchev–Trinajstić information content (AvgIpc) is 3.21. The maximum atomic E-state index is 13.4. The van der Waals surface area contributed by atoms with E-state index < -0.39 is 6.10 Å². The third kappa shape index (κ3) is 5.97. The standard InChI is InChI=1S/C23H41N3O5/c1-29-14-15-31-21-4-10-25(11-5-21)23(28)22-16-20(27)17-26(22)19-2-8-24(9-3-19)18-6-12-30-13-7-18/h18-22,27H,2-17H2,1H3/t20-,22+/m1/s1. The first-order chi connectivity index (χ1) is 15.2. The monoisotopic (exact) mass is 439 g/mol. The van der Waals surface area contributed by atoms with Crippen molar-refractivity contribution in [2.45, 2.75) is 75.3 Å². The molecule has 0 aromatic carbocycles. The quantitative estimate of drug-likeness (QED) is 0.586. The van der Waals surface area contributed by atoms with Gasteiger partial charge in [0.05, 0.1) is 31.5 Å². The van der Waals surface area contributed by atoms with Gasteiger partial charge in [0, 0.05) is 52.0 Å². The lowest BCUT2D eigenvalue weighted by Crippen LogP contribution is -2.54. The van der Waals surface area contributed by atoms with Crippen LogP contribution in [0.5, 0.6) is 0 Å². The van der Waals surface area contributed by atoms with Crippen molar-refractivity contribution >= 4 is 5.91 Å². The Labute approximate surface area is 186 Å². The lowest BCUT2D eigenvalue weighted by atomic mass is 9.97. The summed E-state index contributed by atoms with van der Waals surface area (Å²) >= 11 is 0. The topological polar surface area (TPSA) is 74.7 Å². The lowest BCUT2D eigenvalue weighted by Gasteiger charge is -2.43. The Bertz CT molecular complexity index is 557. The van der Waals surface area contributed by atoms with Crippen LogP contribution in [0.4, 0.5) is 0 Å². The van der Waals surface area contributed by atoms with E-state index in [0.717, 1.165) is 77.9 Å². The zero-order valence-corrected chi connectivity index (χ0v) is 19.1. The van der Waals surface area contributed by atoms with Crippen LogP contribution in [0, 0.1) is 0 Å². The van der Waals surface area contributed by atoms with E-state index >= 15 is 0 Å². The fraction of sp³-hybridized carbons (Fsp3) is 0.957. The highest BCUT2D eigenvalue weighted by Crippen LogP contribution is 2.30. The molecule has 0 aromatic heterocycles. The van der Waals surface area contributed by atoms with Crippen molar-refractivity contribution in [2.75, 3.05) is 66.3 Å². The first kappa shape index (κ1) is 23.4. The summed E-state index contributed by atoms with van der Waals surface area (Å²) in [5, 5.41) is 10.4. The number of carbonyl (C=O) groups excluding carboxylic acids is 1. The molecule has 0 aromatic rings. The Morgan fingerprint density at radius 2 is 1.68 bits per heavy atom. The molecule has 4 aliphatic rings. The molecule has 1 N–H and O–H groups in total. The van der Waals surface area contributed by atoms with Crippen LogP contribution in [-0.2, 0) is 19.0 Å². The summed E-state index contributed by atoms with van der Waals surface area (Å²) in [4.78, 5) is 20.3. The van der Waals surface area contributed by atoms with Gasteiger partial charge in [-0.15, -0.1) is 0 Å². The van der Waals surface area contributed by atoms with Crippen LogP contribution >= 0.6 is 0 Å². The molecule has 0 bridgehead atoms. The minimum atomic E-state index is -0.391. The minimum absolute atomic E-state index is 0.166. The van der Waals surface area contributed by atoms with Gasteiger partial charge in [-0.05, 0) is 58.0 Å². The van der Waals surface area contributed by atoms with Gasteiger partial charge in [-0.1, -0.05) is 0 Å². The molecule has 4 fully saturated rings. The fourth-order valence-electron chi connectivity index (χ4n) is 5.87. The lowest BCUT2D eigenvalue weighted by molar-refractivity contribution is -0.140. The van der Waals surface area contributed by atoms with Crippen LogP contribution in [0.1, 0.15) is 44.9 Å². The first-order valence-electron chi connectivity index (χ1n) is 12.3. The molecule has 178 valence electrons. The Morgan fingerprint density at radius 3 is 2.35 bits per heavy atom. The van der Waals surface area contributed by atoms with E-state index in [2.05, 4.69) is 9.80 Å². The SMILES string of the molecule is COCCOC1CCN(C(=O)[C@@H]2C[C@@H](O)CN2C2CCN(C3CCOCC3)CC2)CC1. The van der Waals surface area contributed by atoms with E-state index in [-0.39, 0.29) is 18.1 Å². The van der Waals surface area contributed by atoms with Crippen molar-refractivity contribution in [1.29, 1.82) is 0 Å². The van der Waals surface area contributed by atoms with Crippen molar-refractivity contribution in [3.8, 4) is 0 Å². The molecule has 0 saturated carbocycles. The molecule has 0 unspecified atom stereocenters. The van der Waals surface area contributed by atoms with Crippen LogP contribution in [0.15, 0.2) is 0 Å². The largest absolute Gasteiger partial charge is 0.392 e. The van der Waals surface area contributed by atoms with Crippen molar-refractivity contribution in [1.82, 2.24) is 14.7 Å². The molecule has 31 heavy (non-hydrogen) atoms. The number of carbonyl (C=O) groups is 1. The number of amides is 1. The molecular weight excluding hydrogens is 398 g/mol. The predicted octanol–water partition coefficient (Wildman–Crippen LogP) is 0.719. The average molecular weight is 440 g/mol. The molecule has 0 radical (unpaired) electrons. The molecule has 1 amide bonds. The van der Waals surface area contributed by atoms with Gasteiger partial charge in [0.25, 0.3) is 0 Å². The number of hydrogen-bond donors (Lipinski definition) is 1.